The van der Waals surface area contributed by atoms with Crippen LogP contribution in [-0.2, 0) is 0 Å². The Morgan fingerprint density at radius 3 is 1.69 bits per heavy atom. The molecule has 0 N–H and O–H groups in total. The van der Waals surface area contributed by atoms with Gasteiger partial charge in [0, 0.05) is 0 Å². The molecule has 2 rings (SSSR count). The Hall–Kier alpha value is -2.08. The molecule has 0 heteroatoms. The molecule has 0 aromatic heterocycles. The highest BCUT2D eigenvalue weighted by Gasteiger charge is 1.88. The second-order valence-corrected chi connectivity index (χ2v) is 3.58. The first kappa shape index (κ1) is 10.4. The fourth-order valence-electron chi connectivity index (χ4n) is 1.47. The van der Waals surface area contributed by atoms with Crippen LogP contribution in [-0.4, -0.2) is 0 Å². The number of benzene rings is 2. The van der Waals surface area contributed by atoms with Crippen molar-refractivity contribution in [2.24, 2.45) is 0 Å². The summed E-state index contributed by atoms with van der Waals surface area (Å²) in [4.78, 5) is 0. The summed E-state index contributed by atoms with van der Waals surface area (Å²) in [5.74, 6) is 0. The van der Waals surface area contributed by atoms with E-state index in [1.807, 2.05) is 30.3 Å². The smallest absolute Gasteiger partial charge is 0.0256 e. The summed E-state index contributed by atoms with van der Waals surface area (Å²) in [6.07, 6.45) is 5.79. The van der Waals surface area contributed by atoms with Gasteiger partial charge in [-0.3, -0.25) is 0 Å². The molecule has 0 spiro atoms. The van der Waals surface area contributed by atoms with Crippen LogP contribution in [0, 0.1) is 6.58 Å². The Morgan fingerprint density at radius 2 is 1.12 bits per heavy atom. The lowest BCUT2D eigenvalue weighted by atomic mass is 10.1. The molecule has 0 saturated carbocycles. The zero-order valence-electron chi connectivity index (χ0n) is 9.01. The maximum Gasteiger partial charge on any atom is -0.0256 e. The molecule has 0 atom stereocenters. The predicted octanol–water partition coefficient (Wildman–Crippen LogP) is 4.30. The average molecular weight is 205 g/mol. The molecule has 1 radical (unpaired) electrons. The largest absolute Gasteiger partial charge is 0.0622 e. The van der Waals surface area contributed by atoms with Gasteiger partial charge in [-0.1, -0.05) is 79.4 Å². The summed E-state index contributed by atoms with van der Waals surface area (Å²) in [5, 5.41) is 0. The van der Waals surface area contributed by atoms with Crippen LogP contribution in [0.15, 0.2) is 54.6 Å². The third kappa shape index (κ3) is 2.71. The molecule has 0 fully saturated rings. The van der Waals surface area contributed by atoms with Crippen LogP contribution >= 0.6 is 0 Å². The number of rotatable bonds is 3. The Balaban J connectivity index is 2.14. The first-order valence-electron chi connectivity index (χ1n) is 5.26. The summed E-state index contributed by atoms with van der Waals surface area (Å²) in [7, 11) is 0. The van der Waals surface area contributed by atoms with E-state index in [1.54, 1.807) is 6.08 Å². The highest BCUT2D eigenvalue weighted by molar-refractivity contribution is 5.70. The fraction of sp³-hybridized carbons (Fsp3) is 0. The molecule has 0 bridgehead atoms. The molecule has 0 saturated heterocycles. The Morgan fingerprint density at radius 1 is 0.625 bits per heavy atom. The van der Waals surface area contributed by atoms with Crippen LogP contribution in [0.3, 0.4) is 0 Å². The second-order valence-electron chi connectivity index (χ2n) is 3.58. The van der Waals surface area contributed by atoms with Gasteiger partial charge >= 0.3 is 0 Å². The Labute approximate surface area is 96.6 Å². The topological polar surface area (TPSA) is 0 Å². The van der Waals surface area contributed by atoms with Crippen molar-refractivity contribution < 1.29 is 0 Å². The zero-order chi connectivity index (χ0) is 11.2. The van der Waals surface area contributed by atoms with Gasteiger partial charge in [-0.05, 0) is 16.7 Å². The molecule has 16 heavy (non-hydrogen) atoms. The SMILES string of the molecule is [CH]=Cc1ccc(/C=C/c2ccccc2)cc1. The minimum absolute atomic E-state index is 1.04. The van der Waals surface area contributed by atoms with Crippen molar-refractivity contribution in [1.29, 1.82) is 0 Å². The van der Waals surface area contributed by atoms with Crippen LogP contribution in [0.1, 0.15) is 16.7 Å². The van der Waals surface area contributed by atoms with Gasteiger partial charge in [-0.15, -0.1) is 0 Å². The molecule has 0 aliphatic rings. The van der Waals surface area contributed by atoms with Gasteiger partial charge in [0.1, 0.15) is 0 Å². The predicted molar refractivity (Wildman–Crippen MR) is 70.6 cm³/mol. The van der Waals surface area contributed by atoms with Gasteiger partial charge < -0.3 is 0 Å². The highest BCUT2D eigenvalue weighted by atomic mass is 13.9. The molecule has 0 unspecified atom stereocenters. The summed E-state index contributed by atoms with van der Waals surface area (Å²) in [6.45, 7) is 5.42. The maximum absolute atomic E-state index is 5.42. The fourth-order valence-corrected chi connectivity index (χ4v) is 1.47. The van der Waals surface area contributed by atoms with Crippen LogP contribution in [0.25, 0.3) is 18.2 Å². The first-order chi connectivity index (χ1) is 7.88. The van der Waals surface area contributed by atoms with E-state index in [2.05, 4.69) is 36.4 Å². The van der Waals surface area contributed by atoms with Crippen molar-refractivity contribution >= 4 is 18.2 Å². The molecule has 2 aromatic rings. The van der Waals surface area contributed by atoms with E-state index in [1.165, 1.54) is 11.1 Å². The summed E-state index contributed by atoms with van der Waals surface area (Å²) >= 11 is 0. The van der Waals surface area contributed by atoms with Crippen LogP contribution in [0.5, 0.6) is 0 Å². The molecular weight excluding hydrogens is 192 g/mol. The molecule has 77 valence electrons. The number of hydrogen-bond donors (Lipinski definition) is 0. The molecule has 0 nitrogen and oxygen atoms in total. The van der Waals surface area contributed by atoms with Gasteiger partial charge in [0.15, 0.2) is 0 Å². The van der Waals surface area contributed by atoms with Gasteiger partial charge in [0.2, 0.25) is 0 Å². The van der Waals surface area contributed by atoms with Crippen molar-refractivity contribution in [3.63, 3.8) is 0 Å². The third-order valence-electron chi connectivity index (χ3n) is 2.40. The van der Waals surface area contributed by atoms with Crippen molar-refractivity contribution in [2.45, 2.75) is 0 Å². The van der Waals surface area contributed by atoms with E-state index in [9.17, 15) is 0 Å². The second kappa shape index (κ2) is 5.13. The van der Waals surface area contributed by atoms with Crippen LogP contribution < -0.4 is 0 Å². The third-order valence-corrected chi connectivity index (χ3v) is 2.40. The van der Waals surface area contributed by atoms with Crippen molar-refractivity contribution in [3.05, 3.63) is 77.9 Å². The standard InChI is InChI=1S/C16H13/c1-2-14-8-10-16(11-9-14)13-12-15-6-4-3-5-7-15/h1-13H/b2-1?,13-12+. The van der Waals surface area contributed by atoms with Gasteiger partial charge in [-0.2, -0.15) is 0 Å². The van der Waals surface area contributed by atoms with Gasteiger partial charge in [0.25, 0.3) is 0 Å². The number of hydrogen-bond acceptors (Lipinski definition) is 0. The summed E-state index contributed by atoms with van der Waals surface area (Å²) < 4.78 is 0. The molecule has 2 aromatic carbocycles. The molecule has 0 heterocycles. The maximum atomic E-state index is 5.42. The quantitative estimate of drug-likeness (QED) is 0.655. The lowest BCUT2D eigenvalue weighted by Crippen LogP contribution is -1.74. The van der Waals surface area contributed by atoms with E-state index in [4.69, 9.17) is 6.58 Å². The van der Waals surface area contributed by atoms with Crippen molar-refractivity contribution in [2.75, 3.05) is 0 Å². The molecule has 0 amide bonds. The minimum atomic E-state index is 1.04. The van der Waals surface area contributed by atoms with E-state index < -0.39 is 0 Å². The Bertz CT molecular complexity index is 475. The monoisotopic (exact) mass is 205 g/mol. The van der Waals surface area contributed by atoms with Gasteiger partial charge in [-0.25, -0.2) is 0 Å². The van der Waals surface area contributed by atoms with Crippen molar-refractivity contribution in [1.82, 2.24) is 0 Å². The lowest BCUT2D eigenvalue weighted by Gasteiger charge is -1.95. The van der Waals surface area contributed by atoms with Crippen LogP contribution in [0.2, 0.25) is 0 Å². The van der Waals surface area contributed by atoms with E-state index in [0.717, 1.165) is 5.56 Å². The highest BCUT2D eigenvalue weighted by Crippen LogP contribution is 2.10. The lowest BCUT2D eigenvalue weighted by molar-refractivity contribution is 1.62. The van der Waals surface area contributed by atoms with Crippen molar-refractivity contribution in [3.8, 4) is 0 Å². The zero-order valence-corrected chi connectivity index (χ0v) is 9.01. The summed E-state index contributed by atoms with van der Waals surface area (Å²) in [5.41, 5.74) is 3.42. The Kier molecular flexibility index (Phi) is 3.35. The first-order valence-corrected chi connectivity index (χ1v) is 5.26. The normalized spacial score (nSPS) is 10.5. The average Bonchev–Trinajstić information content (AvgIpc) is 2.38. The molecule has 0 aliphatic carbocycles. The molecule has 0 aliphatic heterocycles. The van der Waals surface area contributed by atoms with E-state index in [0.29, 0.717) is 0 Å². The summed E-state index contributed by atoms with van der Waals surface area (Å²) in [6, 6.07) is 18.4. The van der Waals surface area contributed by atoms with Gasteiger partial charge in [0.05, 0.1) is 0 Å². The van der Waals surface area contributed by atoms with E-state index in [-0.39, 0.29) is 0 Å². The minimum Gasteiger partial charge on any atom is -0.0622 e. The molecular formula is C16H13. The van der Waals surface area contributed by atoms with E-state index >= 15 is 0 Å². The van der Waals surface area contributed by atoms with Crippen LogP contribution in [0.4, 0.5) is 0 Å².